The van der Waals surface area contributed by atoms with Gasteiger partial charge in [0, 0.05) is 11.1 Å². The van der Waals surface area contributed by atoms with Crippen LogP contribution in [0.25, 0.3) is 6.08 Å². The van der Waals surface area contributed by atoms with Gasteiger partial charge in [0.15, 0.2) is 5.75 Å². The predicted molar refractivity (Wildman–Crippen MR) is 94.7 cm³/mol. The molecule has 7 nitrogen and oxygen atoms in total. The van der Waals surface area contributed by atoms with Crippen LogP contribution in [0.5, 0.6) is 5.75 Å². The van der Waals surface area contributed by atoms with Crippen molar-refractivity contribution in [3.8, 4) is 5.75 Å². The van der Waals surface area contributed by atoms with Gasteiger partial charge >= 0.3 is 5.69 Å². The summed E-state index contributed by atoms with van der Waals surface area (Å²) in [7, 11) is 0. The van der Waals surface area contributed by atoms with E-state index in [1.165, 1.54) is 18.2 Å². The molecule has 2 amide bonds. The molecule has 0 spiro atoms. The number of hydrogen-bond acceptors (Lipinski definition) is 6. The van der Waals surface area contributed by atoms with Gasteiger partial charge in [-0.25, -0.2) is 4.90 Å². The van der Waals surface area contributed by atoms with Crippen LogP contribution in [0.3, 0.4) is 0 Å². The van der Waals surface area contributed by atoms with Crippen LogP contribution in [-0.2, 0) is 4.79 Å². The fourth-order valence-electron chi connectivity index (χ4n) is 2.23. The van der Waals surface area contributed by atoms with Crippen LogP contribution < -0.4 is 4.90 Å². The lowest BCUT2D eigenvalue weighted by atomic mass is 10.1. The summed E-state index contributed by atoms with van der Waals surface area (Å²) in [6, 6.07) is 10.0. The predicted octanol–water partition coefficient (Wildman–Crippen LogP) is 4.19. The Kier molecular flexibility index (Phi) is 4.47. The second-order valence-corrected chi connectivity index (χ2v) is 6.43. The van der Waals surface area contributed by atoms with Crippen molar-refractivity contribution < 1.29 is 19.6 Å². The van der Waals surface area contributed by atoms with Crippen molar-refractivity contribution in [1.82, 2.24) is 0 Å². The van der Waals surface area contributed by atoms with E-state index >= 15 is 0 Å². The highest BCUT2D eigenvalue weighted by Gasteiger charge is 2.36. The quantitative estimate of drug-likeness (QED) is 0.489. The zero-order valence-corrected chi connectivity index (χ0v) is 14.0. The molecule has 0 unspecified atom stereocenters. The van der Waals surface area contributed by atoms with Crippen molar-refractivity contribution in [2.75, 3.05) is 4.90 Å². The summed E-state index contributed by atoms with van der Waals surface area (Å²) in [4.78, 5) is 35.9. The molecule has 2 aromatic carbocycles. The van der Waals surface area contributed by atoms with Gasteiger partial charge < -0.3 is 5.11 Å². The van der Waals surface area contributed by atoms with Crippen LogP contribution in [0.15, 0.2) is 47.4 Å². The summed E-state index contributed by atoms with van der Waals surface area (Å²) in [5, 5.41) is 20.2. The number of nitro groups is 1. The van der Waals surface area contributed by atoms with Gasteiger partial charge in [-0.15, -0.1) is 0 Å². The van der Waals surface area contributed by atoms with Gasteiger partial charge in [0.2, 0.25) is 0 Å². The lowest BCUT2D eigenvalue weighted by Crippen LogP contribution is -2.27. The highest BCUT2D eigenvalue weighted by Crippen LogP contribution is 2.37. The first kappa shape index (κ1) is 17.0. The molecule has 3 rings (SSSR count). The van der Waals surface area contributed by atoms with Crippen LogP contribution in [0.4, 0.5) is 16.2 Å². The van der Waals surface area contributed by atoms with Crippen molar-refractivity contribution in [3.05, 3.63) is 68.1 Å². The molecule has 0 aliphatic carbocycles. The van der Waals surface area contributed by atoms with Crippen LogP contribution in [-0.4, -0.2) is 21.2 Å². The van der Waals surface area contributed by atoms with E-state index in [1.807, 2.05) is 0 Å². The highest BCUT2D eigenvalue weighted by atomic mass is 35.5. The van der Waals surface area contributed by atoms with E-state index in [2.05, 4.69) is 0 Å². The summed E-state index contributed by atoms with van der Waals surface area (Å²) in [6.07, 6.45) is 1.36. The largest absolute Gasteiger partial charge is 0.502 e. The number of aromatic hydroxyl groups is 1. The molecule has 1 N–H and O–H groups in total. The van der Waals surface area contributed by atoms with Gasteiger partial charge in [0.25, 0.3) is 11.1 Å². The number of imide groups is 1. The Morgan fingerprint density at radius 2 is 1.96 bits per heavy atom. The number of nitrogens with zero attached hydrogens (tertiary/aromatic N) is 2. The van der Waals surface area contributed by atoms with E-state index in [0.29, 0.717) is 16.3 Å². The van der Waals surface area contributed by atoms with Crippen LogP contribution in [0, 0.1) is 10.1 Å². The van der Waals surface area contributed by atoms with Gasteiger partial charge in [-0.2, -0.15) is 0 Å². The van der Waals surface area contributed by atoms with Crippen molar-refractivity contribution in [2.45, 2.75) is 0 Å². The number of phenols is 1. The number of benzene rings is 2. The summed E-state index contributed by atoms with van der Waals surface area (Å²) in [6.45, 7) is 0. The van der Waals surface area contributed by atoms with Gasteiger partial charge in [0.1, 0.15) is 0 Å². The van der Waals surface area contributed by atoms with Crippen LogP contribution >= 0.6 is 23.4 Å². The van der Waals surface area contributed by atoms with Gasteiger partial charge in [-0.05, 0) is 47.7 Å². The van der Waals surface area contributed by atoms with E-state index in [1.54, 1.807) is 18.2 Å². The number of anilines is 1. The molecular weight excluding hydrogens is 368 g/mol. The van der Waals surface area contributed by atoms with E-state index in [0.717, 1.165) is 28.8 Å². The molecule has 0 saturated carbocycles. The first-order valence-electron chi connectivity index (χ1n) is 6.88. The molecule has 1 saturated heterocycles. The molecular formula is C16H9ClN2O5S. The van der Waals surface area contributed by atoms with Crippen LogP contribution in [0.2, 0.25) is 5.02 Å². The maximum atomic E-state index is 12.5. The third kappa shape index (κ3) is 3.35. The first-order chi connectivity index (χ1) is 11.9. The second kappa shape index (κ2) is 6.58. The minimum atomic E-state index is -0.732. The molecule has 1 aliphatic rings. The number of carbonyl (C=O) groups is 2. The molecule has 2 aromatic rings. The molecule has 0 aromatic heterocycles. The SMILES string of the molecule is O=C1SC(=Cc2ccc(O)c([N+](=O)[O-])c2)C(=O)N1c1cccc(Cl)c1. The molecule has 25 heavy (non-hydrogen) atoms. The summed E-state index contributed by atoms with van der Waals surface area (Å²) in [5.41, 5.74) is 0.180. The van der Waals surface area contributed by atoms with Gasteiger partial charge in [0.05, 0.1) is 15.5 Å². The number of thioether (sulfide) groups is 1. The Labute approximate surface area is 150 Å². The molecule has 1 fully saturated rings. The minimum Gasteiger partial charge on any atom is -0.502 e. The minimum absolute atomic E-state index is 0.116. The summed E-state index contributed by atoms with van der Waals surface area (Å²) < 4.78 is 0. The molecule has 0 radical (unpaired) electrons. The second-order valence-electron chi connectivity index (χ2n) is 5.00. The normalized spacial score (nSPS) is 15.9. The lowest BCUT2D eigenvalue weighted by Gasteiger charge is -2.12. The van der Waals surface area contributed by atoms with Crippen LogP contribution in [0.1, 0.15) is 5.56 Å². The molecule has 9 heteroatoms. The molecule has 0 atom stereocenters. The van der Waals surface area contributed by atoms with Crippen molar-refractivity contribution in [3.63, 3.8) is 0 Å². The fraction of sp³-hybridized carbons (Fsp3) is 0. The molecule has 0 bridgehead atoms. The van der Waals surface area contributed by atoms with E-state index < -0.39 is 27.5 Å². The Morgan fingerprint density at radius 3 is 2.64 bits per heavy atom. The zero-order valence-electron chi connectivity index (χ0n) is 12.4. The Hall–Kier alpha value is -2.84. The number of halogens is 1. The van der Waals surface area contributed by atoms with Crippen molar-refractivity contribution >= 4 is 52.0 Å². The van der Waals surface area contributed by atoms with Crippen molar-refractivity contribution in [2.24, 2.45) is 0 Å². The third-order valence-corrected chi connectivity index (χ3v) is 4.46. The number of rotatable bonds is 3. The standard InChI is InChI=1S/C16H9ClN2O5S/c17-10-2-1-3-11(8-10)18-15(21)14(25-16(18)22)7-9-4-5-13(20)12(6-9)19(23)24/h1-8,20H. The number of hydrogen-bond donors (Lipinski definition) is 1. The molecule has 126 valence electrons. The van der Waals surface area contributed by atoms with Gasteiger partial charge in [-0.1, -0.05) is 23.7 Å². The monoisotopic (exact) mass is 376 g/mol. The Balaban J connectivity index is 1.96. The van der Waals surface area contributed by atoms with Crippen molar-refractivity contribution in [1.29, 1.82) is 0 Å². The summed E-state index contributed by atoms with van der Waals surface area (Å²) >= 11 is 6.61. The maximum absolute atomic E-state index is 12.5. The Bertz CT molecular complexity index is 944. The molecule has 1 aliphatic heterocycles. The first-order valence-corrected chi connectivity index (χ1v) is 8.07. The average molecular weight is 377 g/mol. The van der Waals surface area contributed by atoms with E-state index in [4.69, 9.17) is 11.6 Å². The fourth-order valence-corrected chi connectivity index (χ4v) is 3.26. The third-order valence-electron chi connectivity index (χ3n) is 3.35. The number of phenolic OH excluding ortho intramolecular Hbond substituents is 1. The summed E-state index contributed by atoms with van der Waals surface area (Å²) in [5.74, 6) is -1.03. The smallest absolute Gasteiger partial charge is 0.311 e. The number of amides is 2. The lowest BCUT2D eigenvalue weighted by molar-refractivity contribution is -0.385. The Morgan fingerprint density at radius 1 is 1.20 bits per heavy atom. The number of carbonyl (C=O) groups excluding carboxylic acids is 2. The number of nitro benzene ring substituents is 1. The topological polar surface area (TPSA) is 101 Å². The molecule has 1 heterocycles. The van der Waals surface area contributed by atoms with E-state index in [9.17, 15) is 24.8 Å². The average Bonchev–Trinajstić information content (AvgIpc) is 2.83. The zero-order chi connectivity index (χ0) is 18.1. The van der Waals surface area contributed by atoms with E-state index in [-0.39, 0.29) is 4.91 Å². The highest BCUT2D eigenvalue weighted by molar-refractivity contribution is 8.19. The van der Waals surface area contributed by atoms with Gasteiger partial charge in [-0.3, -0.25) is 19.7 Å². The maximum Gasteiger partial charge on any atom is 0.311 e.